The maximum atomic E-state index is 12.3. The van der Waals surface area contributed by atoms with Crippen LogP contribution >= 0.6 is 0 Å². The molecule has 27 heavy (non-hydrogen) atoms. The first-order valence-electron chi connectivity index (χ1n) is 8.63. The van der Waals surface area contributed by atoms with Gasteiger partial charge in [-0.05, 0) is 41.7 Å². The molecular weight excluding hydrogens is 364 g/mol. The molecule has 2 rings (SSSR count). The fourth-order valence-corrected chi connectivity index (χ4v) is 3.25. The van der Waals surface area contributed by atoms with Gasteiger partial charge >= 0.3 is 0 Å². The summed E-state index contributed by atoms with van der Waals surface area (Å²) >= 11 is 0. The van der Waals surface area contributed by atoms with Gasteiger partial charge in [-0.2, -0.15) is 0 Å². The largest absolute Gasteiger partial charge is 0.483 e. The molecule has 3 N–H and O–H groups in total. The van der Waals surface area contributed by atoms with Gasteiger partial charge in [0.2, 0.25) is 10.0 Å². The number of sulfonamides is 1. The van der Waals surface area contributed by atoms with Gasteiger partial charge in [-0.1, -0.05) is 51.1 Å². The fraction of sp³-hybridized carbons (Fsp3) is 0.350. The highest BCUT2D eigenvalue weighted by Gasteiger charge is 2.19. The standard InChI is InChI=1S/C20H26N2O4S/c1-14(15-8-7-9-16(12-15)27(21,24)25)22-19(23)13-26-18-11-6-5-10-17(18)20(2,3)4/h5-12,14H,13H2,1-4H3,(H,22,23)(H2,21,24,25). The topological polar surface area (TPSA) is 98.5 Å². The summed E-state index contributed by atoms with van der Waals surface area (Å²) in [6, 6.07) is 13.4. The van der Waals surface area contributed by atoms with Gasteiger partial charge in [0, 0.05) is 0 Å². The van der Waals surface area contributed by atoms with Crippen LogP contribution in [0.3, 0.4) is 0 Å². The van der Waals surface area contributed by atoms with E-state index in [2.05, 4.69) is 26.1 Å². The van der Waals surface area contributed by atoms with E-state index in [-0.39, 0.29) is 28.9 Å². The average Bonchev–Trinajstić information content (AvgIpc) is 2.59. The lowest BCUT2D eigenvalue weighted by atomic mass is 9.86. The van der Waals surface area contributed by atoms with Crippen LogP contribution < -0.4 is 15.2 Å². The summed E-state index contributed by atoms with van der Waals surface area (Å²) in [6.07, 6.45) is 0. The molecule has 0 aliphatic rings. The Labute approximate surface area is 160 Å². The molecule has 146 valence electrons. The number of para-hydroxylation sites is 1. The van der Waals surface area contributed by atoms with Crippen LogP contribution in [-0.4, -0.2) is 20.9 Å². The quantitative estimate of drug-likeness (QED) is 0.792. The Balaban J connectivity index is 2.03. The highest BCUT2D eigenvalue weighted by molar-refractivity contribution is 7.89. The van der Waals surface area contributed by atoms with Crippen molar-refractivity contribution in [3.8, 4) is 5.75 Å². The Kier molecular flexibility index (Phi) is 6.28. The molecule has 6 nitrogen and oxygen atoms in total. The summed E-state index contributed by atoms with van der Waals surface area (Å²) in [4.78, 5) is 12.3. The third-order valence-electron chi connectivity index (χ3n) is 4.12. The number of carbonyl (C=O) groups is 1. The predicted molar refractivity (Wildman–Crippen MR) is 105 cm³/mol. The molecule has 1 unspecified atom stereocenters. The Bertz CT molecular complexity index is 918. The fourth-order valence-electron chi connectivity index (χ4n) is 2.68. The number of hydrogen-bond donors (Lipinski definition) is 2. The van der Waals surface area contributed by atoms with E-state index in [9.17, 15) is 13.2 Å². The number of primary sulfonamides is 1. The van der Waals surface area contributed by atoms with Gasteiger partial charge in [0.15, 0.2) is 6.61 Å². The first-order chi connectivity index (χ1) is 12.5. The SMILES string of the molecule is CC(NC(=O)COc1ccccc1C(C)(C)C)c1cccc(S(N)(=O)=O)c1. The van der Waals surface area contributed by atoms with Gasteiger partial charge in [0.25, 0.3) is 5.91 Å². The van der Waals surface area contributed by atoms with E-state index in [0.29, 0.717) is 11.3 Å². The molecule has 0 aliphatic carbocycles. The van der Waals surface area contributed by atoms with E-state index < -0.39 is 10.0 Å². The van der Waals surface area contributed by atoms with Crippen molar-refractivity contribution >= 4 is 15.9 Å². The monoisotopic (exact) mass is 390 g/mol. The number of carbonyl (C=O) groups excluding carboxylic acids is 1. The van der Waals surface area contributed by atoms with Crippen molar-refractivity contribution in [2.24, 2.45) is 5.14 Å². The lowest BCUT2D eigenvalue weighted by Crippen LogP contribution is -2.31. The maximum absolute atomic E-state index is 12.3. The van der Waals surface area contributed by atoms with Crippen LogP contribution in [0.15, 0.2) is 53.4 Å². The van der Waals surface area contributed by atoms with Gasteiger partial charge in [0.1, 0.15) is 5.75 Å². The van der Waals surface area contributed by atoms with Crippen LogP contribution in [0, 0.1) is 0 Å². The van der Waals surface area contributed by atoms with Crippen LogP contribution in [0.4, 0.5) is 0 Å². The van der Waals surface area contributed by atoms with E-state index in [1.165, 1.54) is 12.1 Å². The van der Waals surface area contributed by atoms with Crippen LogP contribution in [0.5, 0.6) is 5.75 Å². The Hall–Kier alpha value is -2.38. The molecule has 0 aliphatic heterocycles. The van der Waals surface area contributed by atoms with Crippen LogP contribution in [0.2, 0.25) is 0 Å². The summed E-state index contributed by atoms with van der Waals surface area (Å²) < 4.78 is 28.7. The first kappa shape index (κ1) is 20.9. The van der Waals surface area contributed by atoms with Crippen LogP contribution in [-0.2, 0) is 20.2 Å². The van der Waals surface area contributed by atoms with Crippen molar-refractivity contribution in [2.45, 2.75) is 44.0 Å². The highest BCUT2D eigenvalue weighted by atomic mass is 32.2. The number of ether oxygens (including phenoxy) is 1. The minimum atomic E-state index is -3.79. The van der Waals surface area contributed by atoms with Crippen molar-refractivity contribution in [2.75, 3.05) is 6.61 Å². The molecule has 1 amide bonds. The van der Waals surface area contributed by atoms with E-state index >= 15 is 0 Å². The number of benzene rings is 2. The van der Waals surface area contributed by atoms with Gasteiger partial charge in [-0.15, -0.1) is 0 Å². The van der Waals surface area contributed by atoms with Crippen molar-refractivity contribution in [1.29, 1.82) is 0 Å². The molecule has 7 heteroatoms. The zero-order valence-electron chi connectivity index (χ0n) is 16.0. The smallest absolute Gasteiger partial charge is 0.258 e. The number of amides is 1. The molecule has 1 atom stereocenters. The zero-order chi connectivity index (χ0) is 20.2. The molecule has 0 spiro atoms. The van der Waals surface area contributed by atoms with Crippen LogP contribution in [0.1, 0.15) is 44.9 Å². The molecular formula is C20H26N2O4S. The van der Waals surface area contributed by atoms with Gasteiger partial charge in [0.05, 0.1) is 10.9 Å². The summed E-state index contributed by atoms with van der Waals surface area (Å²) in [5.74, 6) is 0.372. The Morgan fingerprint density at radius 2 is 1.81 bits per heavy atom. The second-order valence-electron chi connectivity index (χ2n) is 7.44. The lowest BCUT2D eigenvalue weighted by molar-refractivity contribution is -0.123. The minimum Gasteiger partial charge on any atom is -0.483 e. The first-order valence-corrected chi connectivity index (χ1v) is 10.2. The molecule has 2 aromatic carbocycles. The number of hydrogen-bond acceptors (Lipinski definition) is 4. The second kappa shape index (κ2) is 8.10. The van der Waals surface area contributed by atoms with Gasteiger partial charge < -0.3 is 10.1 Å². The summed E-state index contributed by atoms with van der Waals surface area (Å²) in [7, 11) is -3.79. The molecule has 0 bridgehead atoms. The van der Waals surface area contributed by atoms with Gasteiger partial charge in [-0.3, -0.25) is 4.79 Å². The third-order valence-corrected chi connectivity index (χ3v) is 5.03. The van der Waals surface area contributed by atoms with E-state index in [4.69, 9.17) is 9.88 Å². The van der Waals surface area contributed by atoms with Crippen LogP contribution in [0.25, 0.3) is 0 Å². The molecule has 0 heterocycles. The Morgan fingerprint density at radius 1 is 1.15 bits per heavy atom. The highest BCUT2D eigenvalue weighted by Crippen LogP contribution is 2.30. The molecule has 0 aromatic heterocycles. The van der Waals surface area contributed by atoms with E-state index in [0.717, 1.165) is 5.56 Å². The normalized spacial score (nSPS) is 13.1. The van der Waals surface area contributed by atoms with Gasteiger partial charge in [-0.25, -0.2) is 13.6 Å². The molecule has 0 fully saturated rings. The number of nitrogens with one attached hydrogen (secondary N) is 1. The Morgan fingerprint density at radius 3 is 2.44 bits per heavy atom. The molecule has 0 radical (unpaired) electrons. The molecule has 0 saturated heterocycles. The summed E-state index contributed by atoms with van der Waals surface area (Å²) in [6.45, 7) is 7.87. The zero-order valence-corrected chi connectivity index (χ0v) is 16.8. The summed E-state index contributed by atoms with van der Waals surface area (Å²) in [5.41, 5.74) is 1.56. The molecule has 0 saturated carbocycles. The lowest BCUT2D eigenvalue weighted by Gasteiger charge is -2.23. The second-order valence-corrected chi connectivity index (χ2v) is 9.00. The van der Waals surface area contributed by atoms with Crippen molar-refractivity contribution in [3.05, 3.63) is 59.7 Å². The van der Waals surface area contributed by atoms with Crippen molar-refractivity contribution in [3.63, 3.8) is 0 Å². The van der Waals surface area contributed by atoms with Crippen molar-refractivity contribution in [1.82, 2.24) is 5.32 Å². The van der Waals surface area contributed by atoms with Crippen molar-refractivity contribution < 1.29 is 17.9 Å². The average molecular weight is 391 g/mol. The van der Waals surface area contributed by atoms with E-state index in [1.54, 1.807) is 19.1 Å². The van der Waals surface area contributed by atoms with E-state index in [1.807, 2.05) is 24.3 Å². The summed E-state index contributed by atoms with van der Waals surface area (Å²) in [5, 5.41) is 7.96. The molecule has 2 aromatic rings. The number of nitrogens with two attached hydrogens (primary N) is 1. The minimum absolute atomic E-state index is 0.0106. The maximum Gasteiger partial charge on any atom is 0.258 e. The number of rotatable bonds is 6. The third kappa shape index (κ3) is 5.80. The predicted octanol–water partition coefficient (Wildman–Crippen LogP) is 2.89.